The molecule has 2 N–H and O–H groups in total. The molecule has 0 heterocycles. The third kappa shape index (κ3) is 14.2. The van der Waals surface area contributed by atoms with E-state index in [0.29, 0.717) is 12.8 Å². The van der Waals surface area contributed by atoms with E-state index in [1.165, 1.54) is 12.2 Å². The van der Waals surface area contributed by atoms with Crippen LogP contribution >= 0.6 is 0 Å². The second-order valence-corrected chi connectivity index (χ2v) is 5.56. The van der Waals surface area contributed by atoms with Gasteiger partial charge in [-0.1, -0.05) is 36.5 Å². The van der Waals surface area contributed by atoms with E-state index in [2.05, 4.69) is 0 Å². The summed E-state index contributed by atoms with van der Waals surface area (Å²) in [6.45, 7) is 3.86. The van der Waals surface area contributed by atoms with Gasteiger partial charge in [-0.25, -0.2) is 0 Å². The van der Waals surface area contributed by atoms with Gasteiger partial charge in [0.05, 0.1) is 12.2 Å². The Bertz CT molecular complexity index is 488. The summed E-state index contributed by atoms with van der Waals surface area (Å²) in [4.78, 5) is 23.4. The summed E-state index contributed by atoms with van der Waals surface area (Å²) in [7, 11) is 0. The fourth-order valence-corrected chi connectivity index (χ4v) is 2.00. The number of hydrogen-bond donors (Lipinski definition) is 2. The second kappa shape index (κ2) is 15.7. The van der Waals surface area contributed by atoms with E-state index in [1.807, 2.05) is 26.0 Å². The maximum atomic E-state index is 11.8. The summed E-state index contributed by atoms with van der Waals surface area (Å²) in [5.41, 5.74) is 0. The van der Waals surface area contributed by atoms with Crippen LogP contribution in [0.3, 0.4) is 0 Å². The zero-order chi connectivity index (χ0) is 18.9. The summed E-state index contributed by atoms with van der Waals surface area (Å²) in [5.74, 6) is -0.233. The average Bonchev–Trinajstić information content (AvgIpc) is 2.55. The van der Waals surface area contributed by atoms with Crippen LogP contribution in [0.4, 0.5) is 0 Å². The zero-order valence-corrected chi connectivity index (χ0v) is 15.1. The third-order valence-electron chi connectivity index (χ3n) is 3.29. The number of hydrogen-bond acceptors (Lipinski definition) is 5. The molecule has 1 unspecified atom stereocenters. The third-order valence-corrected chi connectivity index (χ3v) is 3.29. The lowest BCUT2D eigenvalue weighted by Crippen LogP contribution is -2.22. The number of aliphatic hydroxyl groups is 2. The topological polar surface area (TPSA) is 83.8 Å². The molecule has 0 fully saturated rings. The normalized spacial score (nSPS) is 14.9. The molecular formula is C20H30O5. The van der Waals surface area contributed by atoms with Crippen molar-refractivity contribution in [3.05, 3.63) is 48.6 Å². The molecule has 0 aromatic heterocycles. The molecule has 0 aromatic carbocycles. The largest absolute Gasteiger partial charge is 0.396 e. The molecule has 5 heteroatoms. The van der Waals surface area contributed by atoms with Crippen molar-refractivity contribution in [3.63, 3.8) is 0 Å². The fraction of sp³-hybridized carbons (Fsp3) is 0.500. The van der Waals surface area contributed by atoms with E-state index in [9.17, 15) is 14.7 Å². The fourth-order valence-electron chi connectivity index (χ4n) is 2.00. The first-order chi connectivity index (χ1) is 12.0. The summed E-state index contributed by atoms with van der Waals surface area (Å²) >= 11 is 0. The lowest BCUT2D eigenvalue weighted by Gasteiger charge is -2.17. The summed E-state index contributed by atoms with van der Waals surface area (Å²) in [6.07, 6.45) is 13.0. The van der Waals surface area contributed by atoms with E-state index in [1.54, 1.807) is 24.3 Å². The highest BCUT2D eigenvalue weighted by molar-refractivity contribution is 5.90. The number of rotatable bonds is 14. The Kier molecular flexibility index (Phi) is 14.6. The first-order valence-corrected chi connectivity index (χ1v) is 8.58. The van der Waals surface area contributed by atoms with Crippen molar-refractivity contribution in [2.24, 2.45) is 0 Å². The summed E-state index contributed by atoms with van der Waals surface area (Å²) in [5, 5.41) is 18.9. The number of allylic oxidation sites excluding steroid dienone is 8. The predicted molar refractivity (Wildman–Crippen MR) is 99.2 cm³/mol. The van der Waals surface area contributed by atoms with E-state index in [4.69, 9.17) is 9.84 Å². The molecule has 0 radical (unpaired) electrons. The highest BCUT2D eigenvalue weighted by Crippen LogP contribution is 2.08. The van der Waals surface area contributed by atoms with Crippen LogP contribution in [0.2, 0.25) is 0 Å². The van der Waals surface area contributed by atoms with Gasteiger partial charge in [-0.2, -0.15) is 0 Å². The maximum absolute atomic E-state index is 11.8. The van der Waals surface area contributed by atoms with Gasteiger partial charge in [0.15, 0.2) is 11.6 Å². The predicted octanol–water partition coefficient (Wildman–Crippen LogP) is 2.69. The van der Waals surface area contributed by atoms with Crippen LogP contribution in [0.25, 0.3) is 0 Å². The molecule has 2 atom stereocenters. The molecule has 0 aliphatic carbocycles. The highest BCUT2D eigenvalue weighted by atomic mass is 16.5. The van der Waals surface area contributed by atoms with Gasteiger partial charge in [-0.15, -0.1) is 0 Å². The van der Waals surface area contributed by atoms with Crippen LogP contribution in [0.5, 0.6) is 0 Å². The summed E-state index contributed by atoms with van der Waals surface area (Å²) < 4.78 is 5.58. The Morgan fingerprint density at radius 1 is 0.920 bits per heavy atom. The number of ketones is 2. The SMILES string of the molecule is C/C=C/C=C/C(=O)CC(CCO)OCC[C@H](O)CC(=O)/C=C/C=C/C. The maximum Gasteiger partial charge on any atom is 0.158 e. The van der Waals surface area contributed by atoms with Gasteiger partial charge in [0, 0.05) is 26.1 Å². The Labute approximate surface area is 150 Å². The first kappa shape index (κ1) is 23.2. The molecule has 0 bridgehead atoms. The lowest BCUT2D eigenvalue weighted by molar-refractivity contribution is -0.117. The molecule has 0 aliphatic rings. The number of ether oxygens (including phenoxy) is 1. The number of carbonyl (C=O) groups is 2. The Hall–Kier alpha value is -1.82. The minimum absolute atomic E-state index is 0.0348. The minimum atomic E-state index is -0.789. The highest BCUT2D eigenvalue weighted by Gasteiger charge is 2.14. The van der Waals surface area contributed by atoms with Gasteiger partial charge in [0.1, 0.15) is 0 Å². The molecule has 0 aliphatic heterocycles. The minimum Gasteiger partial charge on any atom is -0.396 e. The van der Waals surface area contributed by atoms with Crippen LogP contribution in [0, 0.1) is 0 Å². The molecule has 25 heavy (non-hydrogen) atoms. The van der Waals surface area contributed by atoms with Crippen LogP contribution in [0.1, 0.15) is 39.5 Å². The van der Waals surface area contributed by atoms with Crippen molar-refractivity contribution < 1.29 is 24.5 Å². The van der Waals surface area contributed by atoms with Gasteiger partial charge in [0.25, 0.3) is 0 Å². The standard InChI is InChI=1S/C20H30O5/c1-3-5-7-9-17(22)15-19(24)12-14-25-20(11-13-21)16-18(23)10-8-6-4-2/h3-10,19-21,24H,11-16H2,1-2H3/b5-3+,6-4+,9-7+,10-8+/t19-,20?/m0/s1. The Morgan fingerprint density at radius 3 is 2.00 bits per heavy atom. The molecule has 0 amide bonds. The Balaban J connectivity index is 4.21. The van der Waals surface area contributed by atoms with Crippen LogP contribution in [0.15, 0.2) is 48.6 Å². The molecule has 0 aromatic rings. The first-order valence-electron chi connectivity index (χ1n) is 8.58. The quantitative estimate of drug-likeness (QED) is 0.372. The van der Waals surface area contributed by atoms with Gasteiger partial charge < -0.3 is 14.9 Å². The molecule has 0 rings (SSSR count). The second-order valence-electron chi connectivity index (χ2n) is 5.56. The monoisotopic (exact) mass is 350 g/mol. The van der Waals surface area contributed by atoms with Crippen LogP contribution in [-0.4, -0.2) is 47.2 Å². The molecule has 5 nitrogen and oxygen atoms in total. The van der Waals surface area contributed by atoms with Crippen molar-refractivity contribution in [2.45, 2.75) is 51.7 Å². The van der Waals surface area contributed by atoms with Crippen molar-refractivity contribution in [1.82, 2.24) is 0 Å². The van der Waals surface area contributed by atoms with E-state index >= 15 is 0 Å². The van der Waals surface area contributed by atoms with E-state index < -0.39 is 12.2 Å². The molecule has 0 spiro atoms. The lowest BCUT2D eigenvalue weighted by atomic mass is 10.1. The molecular weight excluding hydrogens is 320 g/mol. The van der Waals surface area contributed by atoms with Crippen molar-refractivity contribution in [1.29, 1.82) is 0 Å². The smallest absolute Gasteiger partial charge is 0.158 e. The molecule has 140 valence electrons. The Morgan fingerprint density at radius 2 is 1.48 bits per heavy atom. The molecule has 0 saturated carbocycles. The van der Waals surface area contributed by atoms with Crippen LogP contribution < -0.4 is 0 Å². The average molecular weight is 350 g/mol. The summed E-state index contributed by atoms with van der Waals surface area (Å²) in [6, 6.07) is 0. The van der Waals surface area contributed by atoms with Crippen LogP contribution in [-0.2, 0) is 14.3 Å². The van der Waals surface area contributed by atoms with Gasteiger partial charge in [-0.05, 0) is 38.8 Å². The van der Waals surface area contributed by atoms with Gasteiger partial charge in [0.2, 0.25) is 0 Å². The number of carbonyl (C=O) groups excluding carboxylic acids is 2. The van der Waals surface area contributed by atoms with E-state index in [-0.39, 0.29) is 37.6 Å². The van der Waals surface area contributed by atoms with Gasteiger partial charge >= 0.3 is 0 Å². The van der Waals surface area contributed by atoms with Crippen molar-refractivity contribution >= 4 is 11.6 Å². The van der Waals surface area contributed by atoms with Crippen molar-refractivity contribution in [2.75, 3.05) is 13.2 Å². The van der Waals surface area contributed by atoms with Crippen molar-refractivity contribution in [3.8, 4) is 0 Å². The van der Waals surface area contributed by atoms with Gasteiger partial charge in [-0.3, -0.25) is 9.59 Å². The zero-order valence-electron chi connectivity index (χ0n) is 15.1. The number of aliphatic hydroxyl groups excluding tert-OH is 2. The molecule has 0 saturated heterocycles. The van der Waals surface area contributed by atoms with E-state index in [0.717, 1.165) is 0 Å².